The third kappa shape index (κ3) is 4.60. The van der Waals surface area contributed by atoms with Crippen molar-refractivity contribution in [3.8, 4) is 0 Å². The number of rotatable bonds is 8. The van der Waals surface area contributed by atoms with E-state index in [4.69, 9.17) is 5.11 Å². The Morgan fingerprint density at radius 2 is 1.94 bits per heavy atom. The maximum Gasteiger partial charge on any atom is 0.314 e. The van der Waals surface area contributed by atoms with Crippen LogP contribution in [0.1, 0.15) is 26.2 Å². The third-order valence-electron chi connectivity index (χ3n) is 2.96. The first-order valence-electron chi connectivity index (χ1n) is 6.06. The van der Waals surface area contributed by atoms with Crippen LogP contribution in [0.25, 0.3) is 0 Å². The molecular formula is C11H21N3O3. The summed E-state index contributed by atoms with van der Waals surface area (Å²) in [5, 5.41) is 17.4. The molecule has 1 fully saturated rings. The standard InChI is InChI=1S/C11H21N3O3/c1-2-12-6-3-7-13-10(17)14-8-11(4-5-11)9(15)16/h12H,2-8H2,1H3,(H,15,16)(H2,13,14,17). The van der Waals surface area contributed by atoms with Gasteiger partial charge in [-0.3, -0.25) is 4.79 Å². The lowest BCUT2D eigenvalue weighted by atomic mass is 10.1. The maximum absolute atomic E-state index is 11.3. The summed E-state index contributed by atoms with van der Waals surface area (Å²) in [5.74, 6) is -0.815. The number of carboxylic acids is 1. The maximum atomic E-state index is 11.3. The minimum absolute atomic E-state index is 0.224. The highest BCUT2D eigenvalue weighted by Gasteiger charge is 2.50. The van der Waals surface area contributed by atoms with Gasteiger partial charge in [0.1, 0.15) is 0 Å². The molecule has 0 saturated heterocycles. The molecule has 0 radical (unpaired) electrons. The first-order valence-corrected chi connectivity index (χ1v) is 6.06. The van der Waals surface area contributed by atoms with Crippen LogP contribution in [-0.2, 0) is 4.79 Å². The quantitative estimate of drug-likeness (QED) is 0.457. The topological polar surface area (TPSA) is 90.5 Å². The summed E-state index contributed by atoms with van der Waals surface area (Å²) < 4.78 is 0. The van der Waals surface area contributed by atoms with Crippen LogP contribution < -0.4 is 16.0 Å². The van der Waals surface area contributed by atoms with Crippen molar-refractivity contribution in [2.45, 2.75) is 26.2 Å². The number of carbonyl (C=O) groups is 2. The molecule has 1 aliphatic rings. The second-order valence-corrected chi connectivity index (χ2v) is 4.40. The fourth-order valence-electron chi connectivity index (χ4n) is 1.52. The summed E-state index contributed by atoms with van der Waals surface area (Å²) >= 11 is 0. The molecule has 4 N–H and O–H groups in total. The van der Waals surface area contributed by atoms with Crippen molar-refractivity contribution in [3.63, 3.8) is 0 Å². The first-order chi connectivity index (χ1) is 8.10. The van der Waals surface area contributed by atoms with Gasteiger partial charge in [-0.15, -0.1) is 0 Å². The van der Waals surface area contributed by atoms with Crippen molar-refractivity contribution in [1.82, 2.24) is 16.0 Å². The number of carbonyl (C=O) groups excluding carboxylic acids is 1. The SMILES string of the molecule is CCNCCCNC(=O)NCC1(C(=O)O)CC1. The average Bonchev–Trinajstić information content (AvgIpc) is 3.07. The van der Waals surface area contributed by atoms with Gasteiger partial charge in [0.25, 0.3) is 0 Å². The number of amides is 2. The molecule has 0 unspecified atom stereocenters. The minimum Gasteiger partial charge on any atom is -0.481 e. The van der Waals surface area contributed by atoms with Gasteiger partial charge >= 0.3 is 12.0 Å². The van der Waals surface area contributed by atoms with Crippen molar-refractivity contribution >= 4 is 12.0 Å². The molecule has 0 aromatic carbocycles. The van der Waals surface area contributed by atoms with Crippen molar-refractivity contribution in [2.75, 3.05) is 26.2 Å². The third-order valence-corrected chi connectivity index (χ3v) is 2.96. The fraction of sp³-hybridized carbons (Fsp3) is 0.818. The van der Waals surface area contributed by atoms with E-state index in [2.05, 4.69) is 16.0 Å². The van der Waals surface area contributed by atoms with Gasteiger partial charge in [0, 0.05) is 13.1 Å². The zero-order valence-corrected chi connectivity index (χ0v) is 10.2. The van der Waals surface area contributed by atoms with Crippen LogP contribution in [0.3, 0.4) is 0 Å². The summed E-state index contributed by atoms with van der Waals surface area (Å²) in [4.78, 5) is 22.2. The molecule has 0 bridgehead atoms. The molecule has 1 aliphatic carbocycles. The van der Waals surface area contributed by atoms with Crippen LogP contribution in [0.4, 0.5) is 4.79 Å². The van der Waals surface area contributed by atoms with Crippen LogP contribution in [0.15, 0.2) is 0 Å². The van der Waals surface area contributed by atoms with Crippen LogP contribution in [0.5, 0.6) is 0 Å². The van der Waals surface area contributed by atoms with E-state index in [1.165, 1.54) is 0 Å². The molecular weight excluding hydrogens is 222 g/mol. The smallest absolute Gasteiger partial charge is 0.314 e. The Morgan fingerprint density at radius 1 is 1.24 bits per heavy atom. The Kier molecular flexibility index (Phi) is 5.21. The van der Waals surface area contributed by atoms with Crippen molar-refractivity contribution in [2.24, 2.45) is 5.41 Å². The molecule has 6 nitrogen and oxygen atoms in total. The van der Waals surface area contributed by atoms with Crippen LogP contribution in [0, 0.1) is 5.41 Å². The van der Waals surface area contributed by atoms with Crippen LogP contribution in [0.2, 0.25) is 0 Å². The lowest BCUT2D eigenvalue weighted by molar-refractivity contribution is -0.143. The summed E-state index contributed by atoms with van der Waals surface area (Å²) in [6.07, 6.45) is 2.18. The minimum atomic E-state index is -0.815. The number of carboxylic acid groups (broad SMARTS) is 1. The summed E-state index contributed by atoms with van der Waals surface area (Å²) in [6.45, 7) is 4.64. The Bertz CT molecular complexity index is 277. The highest BCUT2D eigenvalue weighted by atomic mass is 16.4. The van der Waals surface area contributed by atoms with Crippen LogP contribution >= 0.6 is 0 Å². The van der Waals surface area contributed by atoms with Gasteiger partial charge in [-0.1, -0.05) is 6.92 Å². The molecule has 98 valence electrons. The summed E-state index contributed by atoms with van der Waals surface area (Å²) in [7, 11) is 0. The Labute approximate surface area is 101 Å². The predicted octanol–water partition coefficient (Wildman–Crippen LogP) is 0.150. The monoisotopic (exact) mass is 243 g/mol. The normalized spacial score (nSPS) is 16.3. The van der Waals surface area contributed by atoms with E-state index >= 15 is 0 Å². The molecule has 1 rings (SSSR count). The summed E-state index contributed by atoms with van der Waals surface area (Å²) in [5.41, 5.74) is -0.693. The van der Waals surface area contributed by atoms with Gasteiger partial charge < -0.3 is 21.1 Å². The lowest BCUT2D eigenvalue weighted by Crippen LogP contribution is -2.41. The summed E-state index contributed by atoms with van der Waals surface area (Å²) in [6, 6.07) is -0.283. The second kappa shape index (κ2) is 6.44. The highest BCUT2D eigenvalue weighted by Crippen LogP contribution is 2.45. The van der Waals surface area contributed by atoms with E-state index < -0.39 is 11.4 Å². The van der Waals surface area contributed by atoms with E-state index in [-0.39, 0.29) is 12.6 Å². The molecule has 2 amide bonds. The van der Waals surface area contributed by atoms with Gasteiger partial charge in [-0.2, -0.15) is 0 Å². The van der Waals surface area contributed by atoms with E-state index in [1.54, 1.807) is 0 Å². The first kappa shape index (κ1) is 13.8. The molecule has 0 atom stereocenters. The molecule has 1 saturated carbocycles. The number of hydrogen-bond donors (Lipinski definition) is 4. The molecule has 0 aliphatic heterocycles. The Morgan fingerprint density at radius 3 is 2.47 bits per heavy atom. The van der Waals surface area contributed by atoms with Crippen molar-refractivity contribution < 1.29 is 14.7 Å². The molecule has 17 heavy (non-hydrogen) atoms. The average molecular weight is 243 g/mol. The molecule has 0 aromatic heterocycles. The molecule has 0 heterocycles. The van der Waals surface area contributed by atoms with Gasteiger partial charge in [-0.25, -0.2) is 4.79 Å². The molecule has 6 heteroatoms. The van der Waals surface area contributed by atoms with Crippen LogP contribution in [-0.4, -0.2) is 43.3 Å². The van der Waals surface area contributed by atoms with Gasteiger partial charge in [0.05, 0.1) is 5.41 Å². The Balaban J connectivity index is 2.04. The fourth-order valence-corrected chi connectivity index (χ4v) is 1.52. The van der Waals surface area contributed by atoms with Gasteiger partial charge in [0.2, 0.25) is 0 Å². The number of aliphatic carboxylic acids is 1. The van der Waals surface area contributed by atoms with Gasteiger partial charge in [0.15, 0.2) is 0 Å². The number of nitrogens with one attached hydrogen (secondary N) is 3. The van der Waals surface area contributed by atoms with Crippen molar-refractivity contribution in [3.05, 3.63) is 0 Å². The zero-order valence-electron chi connectivity index (χ0n) is 10.2. The lowest BCUT2D eigenvalue weighted by Gasteiger charge is -2.12. The van der Waals surface area contributed by atoms with E-state index in [0.717, 1.165) is 19.5 Å². The molecule has 0 aromatic rings. The zero-order chi connectivity index (χ0) is 12.7. The Hall–Kier alpha value is -1.30. The number of hydrogen-bond acceptors (Lipinski definition) is 3. The van der Waals surface area contributed by atoms with Gasteiger partial charge in [-0.05, 0) is 32.4 Å². The van der Waals surface area contributed by atoms with E-state index in [9.17, 15) is 9.59 Å². The predicted molar refractivity (Wildman–Crippen MR) is 63.9 cm³/mol. The largest absolute Gasteiger partial charge is 0.481 e. The highest BCUT2D eigenvalue weighted by molar-refractivity contribution is 5.80. The van der Waals surface area contributed by atoms with Crippen molar-refractivity contribution in [1.29, 1.82) is 0 Å². The van der Waals surface area contributed by atoms with E-state index in [0.29, 0.717) is 19.4 Å². The number of urea groups is 1. The second-order valence-electron chi connectivity index (χ2n) is 4.40. The van der Waals surface area contributed by atoms with E-state index in [1.807, 2.05) is 6.92 Å². The molecule has 0 spiro atoms.